The number of thiazole rings is 1. The fourth-order valence-electron chi connectivity index (χ4n) is 2.63. The summed E-state index contributed by atoms with van der Waals surface area (Å²) in [6.07, 6.45) is 4.42. The van der Waals surface area contributed by atoms with Gasteiger partial charge in [0, 0.05) is 23.5 Å². The molecule has 4 aromatic rings. The lowest BCUT2D eigenvalue weighted by molar-refractivity contribution is 0.100. The van der Waals surface area contributed by atoms with Crippen molar-refractivity contribution in [2.75, 3.05) is 5.32 Å². The second kappa shape index (κ2) is 10.5. The van der Waals surface area contributed by atoms with Gasteiger partial charge >= 0.3 is 0 Å². The summed E-state index contributed by atoms with van der Waals surface area (Å²) in [5.74, 6) is 4.96. The monoisotopic (exact) mass is 471 g/mol. The molecular weight excluding hydrogens is 456 g/mol. The van der Waals surface area contributed by atoms with E-state index in [2.05, 4.69) is 31.5 Å². The Hall–Kier alpha value is -4.13. The first kappa shape index (κ1) is 22.1. The lowest BCUT2D eigenvalue weighted by Gasteiger charge is -2.04. The summed E-state index contributed by atoms with van der Waals surface area (Å²) in [5, 5.41) is 3.16. The van der Waals surface area contributed by atoms with E-state index >= 15 is 0 Å². The van der Waals surface area contributed by atoms with Crippen molar-refractivity contribution in [3.63, 3.8) is 0 Å². The Morgan fingerprint density at radius 3 is 2.39 bits per heavy atom. The number of hydrogen-bond donors (Lipinski definition) is 1. The molecule has 7 nitrogen and oxygen atoms in total. The van der Waals surface area contributed by atoms with Crippen LogP contribution in [0.25, 0.3) is 0 Å². The normalized spacial score (nSPS) is 11.3. The number of carbonyl (C=O) groups is 2. The van der Waals surface area contributed by atoms with Crippen molar-refractivity contribution in [1.82, 2.24) is 9.97 Å². The van der Waals surface area contributed by atoms with Gasteiger partial charge in [0.1, 0.15) is 0 Å². The molecule has 0 saturated heterocycles. The van der Waals surface area contributed by atoms with Crippen molar-refractivity contribution in [2.45, 2.75) is 4.90 Å². The van der Waals surface area contributed by atoms with Gasteiger partial charge in [0.2, 0.25) is 0 Å². The number of nitrogens with one attached hydrogen (secondary N) is 1. The van der Waals surface area contributed by atoms with Crippen LogP contribution in [0.4, 0.5) is 5.13 Å². The maximum absolute atomic E-state index is 12.4. The number of anilines is 1. The fraction of sp³-hybridized carbons (Fsp3) is 0. The minimum atomic E-state index is -1.80. The Bertz CT molecular complexity index is 1450. The van der Waals surface area contributed by atoms with Crippen molar-refractivity contribution in [1.29, 1.82) is 0 Å². The summed E-state index contributed by atoms with van der Waals surface area (Å²) >= 11 is 1.23. The number of hydrogen-bond acceptors (Lipinski definition) is 7. The summed E-state index contributed by atoms with van der Waals surface area (Å²) < 4.78 is 16.0. The largest absolute Gasteiger partial charge is 0.440 e. The van der Waals surface area contributed by atoms with E-state index in [4.69, 9.17) is 0 Å². The van der Waals surface area contributed by atoms with Crippen molar-refractivity contribution in [3.8, 4) is 11.8 Å². The first-order chi connectivity index (χ1) is 16.1. The van der Waals surface area contributed by atoms with Crippen LogP contribution < -0.4 is 5.32 Å². The molecule has 0 bridgehead atoms. The SMILES string of the molecule is O=C(N=[S-](=O)c1ccccc1)c1cncc(C#Cc2cnc(NC(=O)c3ccccc3)s2)c1. The van der Waals surface area contributed by atoms with Crippen molar-refractivity contribution < 1.29 is 13.8 Å². The van der Waals surface area contributed by atoms with Crippen LogP contribution in [-0.4, -0.2) is 21.8 Å². The van der Waals surface area contributed by atoms with Gasteiger partial charge in [-0.25, -0.2) is 4.98 Å². The van der Waals surface area contributed by atoms with E-state index in [9.17, 15) is 13.8 Å². The predicted molar refractivity (Wildman–Crippen MR) is 126 cm³/mol. The molecule has 2 aromatic carbocycles. The van der Waals surface area contributed by atoms with Gasteiger partial charge in [-0.1, -0.05) is 70.7 Å². The van der Waals surface area contributed by atoms with Crippen LogP contribution in [0.5, 0.6) is 0 Å². The van der Waals surface area contributed by atoms with E-state index in [0.29, 0.717) is 26.0 Å². The molecule has 0 fully saturated rings. The molecule has 33 heavy (non-hydrogen) atoms. The van der Waals surface area contributed by atoms with Crippen molar-refractivity contribution in [3.05, 3.63) is 107 Å². The lowest BCUT2D eigenvalue weighted by atomic mass is 10.2. The molecule has 2 amide bonds. The first-order valence-corrected chi connectivity index (χ1v) is 11.5. The van der Waals surface area contributed by atoms with Gasteiger partial charge in [-0.2, -0.15) is 10.6 Å². The van der Waals surface area contributed by atoms with Crippen molar-refractivity contribution >= 4 is 38.9 Å². The molecule has 1 N–H and O–H groups in total. The van der Waals surface area contributed by atoms with Crippen LogP contribution in [0, 0.1) is 11.8 Å². The van der Waals surface area contributed by atoms with Gasteiger partial charge in [0.25, 0.3) is 11.8 Å². The molecule has 0 saturated carbocycles. The second-order valence-corrected chi connectivity index (χ2v) is 8.70. The lowest BCUT2D eigenvalue weighted by Crippen LogP contribution is -2.11. The third kappa shape index (κ3) is 5.98. The number of aromatic nitrogens is 2. The number of pyridine rings is 1. The maximum atomic E-state index is 12.4. The molecule has 0 unspecified atom stereocenters. The molecule has 0 aliphatic heterocycles. The summed E-state index contributed by atoms with van der Waals surface area (Å²) in [7, 11) is -1.80. The van der Waals surface area contributed by atoms with Gasteiger partial charge in [-0.15, -0.1) is 0 Å². The topological polar surface area (TPSA) is 101 Å². The van der Waals surface area contributed by atoms with Crippen LogP contribution in [-0.2, 0) is 14.8 Å². The average Bonchev–Trinajstić information content (AvgIpc) is 3.31. The Kier molecular flexibility index (Phi) is 6.99. The van der Waals surface area contributed by atoms with E-state index in [1.54, 1.807) is 60.8 Å². The fourth-order valence-corrected chi connectivity index (χ4v) is 4.04. The summed E-state index contributed by atoms with van der Waals surface area (Å²) in [6, 6.07) is 18.9. The molecule has 2 heterocycles. The Labute approximate surface area is 195 Å². The summed E-state index contributed by atoms with van der Waals surface area (Å²) in [6.45, 7) is 0. The zero-order valence-corrected chi connectivity index (χ0v) is 18.6. The van der Waals surface area contributed by atoms with Crippen molar-refractivity contribution in [2.24, 2.45) is 4.36 Å². The molecule has 4 rings (SSSR count). The Morgan fingerprint density at radius 1 is 0.909 bits per heavy atom. The summed E-state index contributed by atoms with van der Waals surface area (Å²) in [4.78, 5) is 33.9. The minimum Gasteiger partial charge on any atom is -0.440 e. The number of carbonyl (C=O) groups excluding carboxylic acids is 2. The number of nitrogens with zero attached hydrogens (tertiary/aromatic N) is 3. The van der Waals surface area contributed by atoms with E-state index < -0.39 is 16.5 Å². The van der Waals surface area contributed by atoms with Gasteiger partial charge in [-0.05, 0) is 24.1 Å². The third-order valence-electron chi connectivity index (χ3n) is 4.19. The molecule has 0 spiro atoms. The van der Waals surface area contributed by atoms with Gasteiger partial charge in [0.05, 0.1) is 16.6 Å². The standard InChI is InChI=1S/C24H15N4O3S2/c29-22(18-7-3-1-4-8-18)27-24-26-16-20(32-24)12-11-17-13-19(15-25-14-17)23(30)28-33(31)21-9-5-2-6-10-21/h1-10,13-16H,(H,26,27,29)/q-1. The molecule has 0 aliphatic rings. The molecule has 0 aliphatic carbocycles. The molecule has 2 aromatic heterocycles. The van der Waals surface area contributed by atoms with Gasteiger partial charge < -0.3 is 8.57 Å². The first-order valence-electron chi connectivity index (χ1n) is 9.61. The highest BCUT2D eigenvalue weighted by atomic mass is 32.2. The van der Waals surface area contributed by atoms with E-state index in [1.165, 1.54) is 29.8 Å². The molecule has 0 atom stereocenters. The average molecular weight is 472 g/mol. The number of benzene rings is 2. The van der Waals surface area contributed by atoms with E-state index in [1.807, 2.05) is 6.07 Å². The van der Waals surface area contributed by atoms with E-state index in [-0.39, 0.29) is 11.5 Å². The summed E-state index contributed by atoms with van der Waals surface area (Å²) in [5.41, 5.74) is 1.21. The Balaban J connectivity index is 1.46. The minimum absolute atomic E-state index is 0.186. The number of amides is 2. The highest BCUT2D eigenvalue weighted by molar-refractivity contribution is 7.75. The predicted octanol–water partition coefficient (Wildman–Crippen LogP) is 4.54. The zero-order chi connectivity index (χ0) is 23.0. The zero-order valence-electron chi connectivity index (χ0n) is 17.0. The second-order valence-electron chi connectivity index (χ2n) is 6.52. The van der Waals surface area contributed by atoms with E-state index in [0.717, 1.165) is 0 Å². The van der Waals surface area contributed by atoms with Crippen LogP contribution in [0.1, 0.15) is 31.2 Å². The van der Waals surface area contributed by atoms with Crippen LogP contribution >= 0.6 is 11.3 Å². The quantitative estimate of drug-likeness (QED) is 0.348. The molecule has 9 heteroatoms. The third-order valence-corrected chi connectivity index (χ3v) is 6.02. The molecular formula is C24H15N4O3S2-. The highest BCUT2D eigenvalue weighted by Gasteiger charge is 2.08. The van der Waals surface area contributed by atoms with Crippen LogP contribution in [0.15, 0.2) is 94.6 Å². The molecule has 162 valence electrons. The number of rotatable bonds is 4. The van der Waals surface area contributed by atoms with Crippen LogP contribution in [0.3, 0.4) is 0 Å². The highest BCUT2D eigenvalue weighted by Crippen LogP contribution is 2.18. The van der Waals surface area contributed by atoms with Crippen LogP contribution in [0.2, 0.25) is 0 Å². The molecule has 0 radical (unpaired) electrons. The van der Waals surface area contributed by atoms with Gasteiger partial charge in [-0.3, -0.25) is 19.9 Å². The maximum Gasteiger partial charge on any atom is 0.257 e. The smallest absolute Gasteiger partial charge is 0.257 e. The van der Waals surface area contributed by atoms with Gasteiger partial charge in [0.15, 0.2) is 5.13 Å². The Morgan fingerprint density at radius 2 is 1.64 bits per heavy atom.